The molecule has 7 heteroatoms. The van der Waals surface area contributed by atoms with E-state index in [9.17, 15) is 4.79 Å². The molecule has 0 N–H and O–H groups in total. The lowest BCUT2D eigenvalue weighted by Gasteiger charge is -2.05. The molecule has 0 bridgehead atoms. The Hall–Kier alpha value is -2.18. The van der Waals surface area contributed by atoms with Gasteiger partial charge in [0.25, 0.3) is 5.91 Å². The van der Waals surface area contributed by atoms with Crippen molar-refractivity contribution in [1.29, 1.82) is 0 Å². The summed E-state index contributed by atoms with van der Waals surface area (Å²) in [5.74, 6) is 1.78. The zero-order valence-electron chi connectivity index (χ0n) is 13.4. The molecule has 0 atom stereocenters. The number of furan rings is 1. The summed E-state index contributed by atoms with van der Waals surface area (Å²) in [6, 6.07) is 9.09. The third-order valence-corrected chi connectivity index (χ3v) is 4.98. The first-order valence-corrected chi connectivity index (χ1v) is 8.31. The topological polar surface area (TPSA) is 55.0 Å². The molecule has 0 radical (unpaired) electrons. The quantitative estimate of drug-likeness (QED) is 0.770. The number of nitrogens with zero attached hydrogens (tertiary/aromatic N) is 2. The fourth-order valence-electron chi connectivity index (χ4n) is 2.28. The average molecular weight is 363 g/mol. The second kappa shape index (κ2) is 6.75. The molecule has 3 rings (SSSR count). The summed E-state index contributed by atoms with van der Waals surface area (Å²) in [5.41, 5.74) is 0.837. The molecule has 1 aliphatic rings. The molecule has 0 unspecified atom stereocenters. The molecule has 2 aromatic rings. The van der Waals surface area contributed by atoms with Crippen LogP contribution in [0.15, 0.2) is 44.6 Å². The summed E-state index contributed by atoms with van der Waals surface area (Å²) < 4.78 is 11.0. The predicted molar refractivity (Wildman–Crippen MR) is 97.4 cm³/mol. The van der Waals surface area contributed by atoms with Crippen LogP contribution in [0, 0.1) is 0 Å². The van der Waals surface area contributed by atoms with Crippen LogP contribution < -0.4 is 4.74 Å². The molecule has 2 heterocycles. The van der Waals surface area contributed by atoms with E-state index in [1.54, 1.807) is 39.4 Å². The van der Waals surface area contributed by atoms with Gasteiger partial charge in [0.15, 0.2) is 5.17 Å². The van der Waals surface area contributed by atoms with Gasteiger partial charge < -0.3 is 9.15 Å². The highest BCUT2D eigenvalue weighted by Gasteiger charge is 2.30. The zero-order valence-corrected chi connectivity index (χ0v) is 14.9. The second-order valence-corrected chi connectivity index (χ2v) is 6.45. The van der Waals surface area contributed by atoms with Crippen LogP contribution in [-0.4, -0.2) is 37.2 Å². The van der Waals surface area contributed by atoms with Gasteiger partial charge in [0, 0.05) is 25.7 Å². The first kappa shape index (κ1) is 16.7. The number of aliphatic imine (C=N–C) groups is 1. The first-order valence-electron chi connectivity index (χ1n) is 7.11. The zero-order chi connectivity index (χ0) is 17.3. The summed E-state index contributed by atoms with van der Waals surface area (Å²) in [7, 11) is 4.93. The van der Waals surface area contributed by atoms with E-state index in [1.807, 2.05) is 18.2 Å². The van der Waals surface area contributed by atoms with Crippen molar-refractivity contribution in [3.05, 3.63) is 46.0 Å². The highest BCUT2D eigenvalue weighted by molar-refractivity contribution is 8.18. The van der Waals surface area contributed by atoms with E-state index in [-0.39, 0.29) is 5.91 Å². The molecule has 1 fully saturated rings. The number of thioether (sulfide) groups is 1. The Kier molecular flexibility index (Phi) is 4.69. The molecule has 0 aliphatic carbocycles. The molecule has 1 amide bonds. The van der Waals surface area contributed by atoms with Crippen molar-refractivity contribution >= 4 is 40.5 Å². The maximum absolute atomic E-state index is 12.2. The van der Waals surface area contributed by atoms with Crippen LogP contribution in [0.5, 0.6) is 5.75 Å². The number of rotatable bonds is 3. The minimum absolute atomic E-state index is 0.0916. The third kappa shape index (κ3) is 3.07. The normalized spacial score (nSPS) is 18.0. The number of halogens is 1. The van der Waals surface area contributed by atoms with E-state index in [2.05, 4.69) is 4.99 Å². The molecule has 1 saturated heterocycles. The Morgan fingerprint density at radius 1 is 1.33 bits per heavy atom. The molecular formula is C17H15ClN2O3S. The highest BCUT2D eigenvalue weighted by Crippen LogP contribution is 2.34. The molecule has 1 aromatic carbocycles. The monoisotopic (exact) mass is 362 g/mol. The van der Waals surface area contributed by atoms with Crippen LogP contribution in [0.1, 0.15) is 5.76 Å². The van der Waals surface area contributed by atoms with Gasteiger partial charge in [-0.05, 0) is 42.1 Å². The summed E-state index contributed by atoms with van der Waals surface area (Å²) in [4.78, 5) is 18.3. The third-order valence-electron chi connectivity index (χ3n) is 3.53. The van der Waals surface area contributed by atoms with E-state index in [1.165, 1.54) is 16.7 Å². The largest absolute Gasteiger partial charge is 0.495 e. The van der Waals surface area contributed by atoms with Crippen LogP contribution in [-0.2, 0) is 4.79 Å². The standard InChI is InChI=1S/C17H15ClN2O3S/c1-19-17-20(2)16(21)15(24-17)9-11-5-7-13(23-11)10-4-6-14(22-3)12(18)8-10/h4-9H,1-3H3/b15-9+,19-17?. The smallest absolute Gasteiger partial charge is 0.266 e. The van der Waals surface area contributed by atoms with Gasteiger partial charge in [-0.25, -0.2) is 0 Å². The lowest BCUT2D eigenvalue weighted by molar-refractivity contribution is -0.121. The number of benzene rings is 1. The maximum atomic E-state index is 12.2. The van der Waals surface area contributed by atoms with E-state index < -0.39 is 0 Å². The first-order chi connectivity index (χ1) is 11.5. The highest BCUT2D eigenvalue weighted by atomic mass is 35.5. The minimum atomic E-state index is -0.0916. The van der Waals surface area contributed by atoms with Crippen LogP contribution in [0.2, 0.25) is 5.02 Å². The average Bonchev–Trinajstić information content (AvgIpc) is 3.15. The van der Waals surface area contributed by atoms with Crippen LogP contribution in [0.25, 0.3) is 17.4 Å². The van der Waals surface area contributed by atoms with Crippen molar-refractivity contribution in [2.45, 2.75) is 0 Å². The van der Waals surface area contributed by atoms with Crippen LogP contribution in [0.3, 0.4) is 0 Å². The van der Waals surface area contributed by atoms with Crippen molar-refractivity contribution < 1.29 is 13.9 Å². The Bertz CT molecular complexity index is 857. The fourth-order valence-corrected chi connectivity index (χ4v) is 3.45. The maximum Gasteiger partial charge on any atom is 0.266 e. The van der Waals surface area contributed by atoms with Gasteiger partial charge in [-0.15, -0.1) is 0 Å². The van der Waals surface area contributed by atoms with Crippen molar-refractivity contribution in [1.82, 2.24) is 4.90 Å². The van der Waals surface area contributed by atoms with Gasteiger partial charge in [-0.1, -0.05) is 11.6 Å². The van der Waals surface area contributed by atoms with Gasteiger partial charge in [0.1, 0.15) is 17.3 Å². The van der Waals surface area contributed by atoms with E-state index in [0.717, 1.165) is 5.56 Å². The number of methoxy groups -OCH3 is 1. The number of hydrogen-bond donors (Lipinski definition) is 0. The number of carbonyl (C=O) groups is 1. The lowest BCUT2D eigenvalue weighted by Crippen LogP contribution is -2.23. The van der Waals surface area contributed by atoms with Gasteiger partial charge in [-0.3, -0.25) is 14.7 Å². The van der Waals surface area contributed by atoms with Gasteiger partial charge in [0.2, 0.25) is 0 Å². The molecule has 0 saturated carbocycles. The molecule has 1 aliphatic heterocycles. The van der Waals surface area contributed by atoms with Crippen molar-refractivity contribution in [3.8, 4) is 17.1 Å². The number of carbonyl (C=O) groups excluding carboxylic acids is 1. The van der Waals surface area contributed by atoms with Crippen molar-refractivity contribution in [2.75, 3.05) is 21.2 Å². The number of ether oxygens (including phenoxy) is 1. The summed E-state index contributed by atoms with van der Waals surface area (Å²) >= 11 is 7.47. The van der Waals surface area contributed by atoms with E-state index in [4.69, 9.17) is 20.8 Å². The van der Waals surface area contributed by atoms with E-state index >= 15 is 0 Å². The second-order valence-electron chi connectivity index (χ2n) is 5.03. The summed E-state index contributed by atoms with van der Waals surface area (Å²) in [6.45, 7) is 0. The number of likely N-dealkylation sites (N-methyl/N-ethyl adjacent to an activating group) is 1. The Labute approximate surface area is 148 Å². The van der Waals surface area contributed by atoms with Crippen LogP contribution in [0.4, 0.5) is 0 Å². The van der Waals surface area contributed by atoms with Crippen LogP contribution >= 0.6 is 23.4 Å². The van der Waals surface area contributed by atoms with Crippen molar-refractivity contribution in [3.63, 3.8) is 0 Å². The minimum Gasteiger partial charge on any atom is -0.495 e. The lowest BCUT2D eigenvalue weighted by atomic mass is 10.2. The number of amides is 1. The summed E-state index contributed by atoms with van der Waals surface area (Å²) in [6.07, 6.45) is 1.72. The van der Waals surface area contributed by atoms with Gasteiger partial charge in [-0.2, -0.15) is 0 Å². The summed E-state index contributed by atoms with van der Waals surface area (Å²) in [5, 5.41) is 1.18. The fraction of sp³-hybridized carbons (Fsp3) is 0.176. The Morgan fingerprint density at radius 2 is 2.12 bits per heavy atom. The van der Waals surface area contributed by atoms with Gasteiger partial charge >= 0.3 is 0 Å². The molecule has 0 spiro atoms. The van der Waals surface area contributed by atoms with Crippen molar-refractivity contribution in [2.24, 2.45) is 4.99 Å². The molecule has 124 valence electrons. The molecule has 1 aromatic heterocycles. The number of amidine groups is 1. The van der Waals surface area contributed by atoms with Gasteiger partial charge in [0.05, 0.1) is 17.0 Å². The number of hydrogen-bond acceptors (Lipinski definition) is 5. The SMILES string of the molecule is CN=C1S/C(=C/c2ccc(-c3ccc(OC)c(Cl)c3)o2)C(=O)N1C. The Balaban J connectivity index is 1.88. The molecular weight excluding hydrogens is 348 g/mol. The van der Waals surface area contributed by atoms with E-state index in [0.29, 0.717) is 32.4 Å². The molecule has 24 heavy (non-hydrogen) atoms. The molecule has 5 nitrogen and oxygen atoms in total. The predicted octanol–water partition coefficient (Wildman–Crippen LogP) is 4.14. The Morgan fingerprint density at radius 3 is 2.75 bits per heavy atom.